The molecule has 5 heteroatoms. The number of hydrogen-bond acceptors (Lipinski definition) is 3. The number of aromatic nitrogens is 1. The smallest absolute Gasteiger partial charge is 0.233 e. The van der Waals surface area contributed by atoms with Crippen LogP contribution in [0.3, 0.4) is 0 Å². The van der Waals surface area contributed by atoms with E-state index in [1.54, 1.807) is 18.3 Å². The van der Waals surface area contributed by atoms with Gasteiger partial charge >= 0.3 is 0 Å². The lowest BCUT2D eigenvalue weighted by Gasteiger charge is -2.17. The van der Waals surface area contributed by atoms with Crippen molar-refractivity contribution in [2.24, 2.45) is 0 Å². The van der Waals surface area contributed by atoms with Crippen LogP contribution in [0, 0.1) is 0 Å². The predicted molar refractivity (Wildman–Crippen MR) is 93.7 cm³/mol. The Labute approximate surface area is 142 Å². The first-order valence-corrected chi connectivity index (χ1v) is 8.04. The highest BCUT2D eigenvalue weighted by Crippen LogP contribution is 2.24. The predicted octanol–water partition coefficient (Wildman–Crippen LogP) is 2.93. The van der Waals surface area contributed by atoms with E-state index in [0.29, 0.717) is 11.6 Å². The van der Waals surface area contributed by atoms with E-state index in [-0.39, 0.29) is 5.91 Å². The molecule has 1 N–H and O–H groups in total. The Morgan fingerprint density at radius 3 is 2.57 bits per heavy atom. The fourth-order valence-electron chi connectivity index (χ4n) is 2.37. The van der Waals surface area contributed by atoms with Gasteiger partial charge in [0.25, 0.3) is 0 Å². The molecule has 2 aromatic rings. The Morgan fingerprint density at radius 2 is 1.96 bits per heavy atom. The summed E-state index contributed by atoms with van der Waals surface area (Å²) in [6.45, 7) is 1.59. The van der Waals surface area contributed by atoms with Gasteiger partial charge in [0.1, 0.15) is 5.92 Å². The normalized spacial score (nSPS) is 12.2. The highest BCUT2D eigenvalue weighted by molar-refractivity contribution is 6.30. The quantitative estimate of drug-likeness (QED) is 0.793. The number of pyridine rings is 1. The first-order valence-electron chi connectivity index (χ1n) is 7.67. The number of carbonyl (C=O) groups excluding carboxylic acids is 1. The number of halogens is 1. The second-order valence-corrected chi connectivity index (χ2v) is 6.12. The van der Waals surface area contributed by atoms with Crippen molar-refractivity contribution in [1.29, 1.82) is 0 Å². The molecule has 0 aliphatic carbocycles. The van der Waals surface area contributed by atoms with Crippen molar-refractivity contribution >= 4 is 17.5 Å². The van der Waals surface area contributed by atoms with Crippen LogP contribution in [0.4, 0.5) is 0 Å². The molecule has 0 saturated heterocycles. The van der Waals surface area contributed by atoms with E-state index in [1.807, 2.05) is 44.4 Å². The van der Waals surface area contributed by atoms with Crippen molar-refractivity contribution in [3.63, 3.8) is 0 Å². The molecular formula is C18H22ClN3O. The van der Waals surface area contributed by atoms with Gasteiger partial charge in [-0.3, -0.25) is 9.78 Å². The first-order chi connectivity index (χ1) is 11.1. The zero-order chi connectivity index (χ0) is 16.7. The maximum absolute atomic E-state index is 12.7. The maximum atomic E-state index is 12.7. The molecule has 1 heterocycles. The number of rotatable bonds is 7. The van der Waals surface area contributed by atoms with Gasteiger partial charge in [0.2, 0.25) is 5.91 Å². The third-order valence-electron chi connectivity index (χ3n) is 3.53. The Morgan fingerprint density at radius 1 is 1.22 bits per heavy atom. The number of benzene rings is 1. The van der Waals surface area contributed by atoms with E-state index in [4.69, 9.17) is 11.6 Å². The first kappa shape index (κ1) is 17.4. The SMILES string of the molecule is CN(C)CCCNC(=O)C(c1ccc(Cl)cc1)c1ccccn1. The molecule has 0 spiro atoms. The molecule has 2 rings (SSSR count). The second kappa shape index (κ2) is 8.65. The van der Waals surface area contributed by atoms with Crippen molar-refractivity contribution in [1.82, 2.24) is 15.2 Å². The van der Waals surface area contributed by atoms with E-state index >= 15 is 0 Å². The summed E-state index contributed by atoms with van der Waals surface area (Å²) in [6.07, 6.45) is 2.62. The molecule has 0 aliphatic heterocycles. The van der Waals surface area contributed by atoms with Crippen LogP contribution in [0.25, 0.3) is 0 Å². The average molecular weight is 332 g/mol. The van der Waals surface area contributed by atoms with Crippen LogP contribution in [0.15, 0.2) is 48.7 Å². The third kappa shape index (κ3) is 5.34. The lowest BCUT2D eigenvalue weighted by Crippen LogP contribution is -2.32. The van der Waals surface area contributed by atoms with Crippen LogP contribution >= 0.6 is 11.6 Å². The second-order valence-electron chi connectivity index (χ2n) is 5.69. The van der Waals surface area contributed by atoms with E-state index in [9.17, 15) is 4.79 Å². The highest BCUT2D eigenvalue weighted by Gasteiger charge is 2.23. The minimum absolute atomic E-state index is 0.0372. The molecular weight excluding hydrogens is 310 g/mol. The Hall–Kier alpha value is -1.91. The Bertz CT molecular complexity index is 614. The number of amides is 1. The zero-order valence-electron chi connectivity index (χ0n) is 13.5. The van der Waals surface area contributed by atoms with Gasteiger partial charge in [0.05, 0.1) is 5.69 Å². The molecule has 4 nitrogen and oxygen atoms in total. The molecule has 0 saturated carbocycles. The number of nitrogens with one attached hydrogen (secondary N) is 1. The van der Waals surface area contributed by atoms with Gasteiger partial charge in [-0.05, 0) is 56.9 Å². The fraction of sp³-hybridized carbons (Fsp3) is 0.333. The van der Waals surface area contributed by atoms with E-state index in [1.165, 1.54) is 0 Å². The molecule has 122 valence electrons. The molecule has 0 radical (unpaired) electrons. The Kier molecular flexibility index (Phi) is 6.56. The molecule has 1 unspecified atom stereocenters. The van der Waals surface area contributed by atoms with Gasteiger partial charge in [0.15, 0.2) is 0 Å². The van der Waals surface area contributed by atoms with Crippen LogP contribution in [0.1, 0.15) is 23.6 Å². The lowest BCUT2D eigenvalue weighted by atomic mass is 9.94. The molecule has 1 aromatic heterocycles. The van der Waals surface area contributed by atoms with Crippen molar-refractivity contribution in [3.05, 3.63) is 64.9 Å². The van der Waals surface area contributed by atoms with Crippen molar-refractivity contribution < 1.29 is 4.79 Å². The largest absolute Gasteiger partial charge is 0.355 e. The van der Waals surface area contributed by atoms with Crippen molar-refractivity contribution in [3.8, 4) is 0 Å². The topological polar surface area (TPSA) is 45.2 Å². The zero-order valence-corrected chi connectivity index (χ0v) is 14.3. The van der Waals surface area contributed by atoms with Crippen LogP contribution < -0.4 is 5.32 Å². The minimum Gasteiger partial charge on any atom is -0.355 e. The number of hydrogen-bond donors (Lipinski definition) is 1. The fourth-order valence-corrected chi connectivity index (χ4v) is 2.49. The van der Waals surface area contributed by atoms with Gasteiger partial charge in [-0.25, -0.2) is 0 Å². The highest BCUT2D eigenvalue weighted by atomic mass is 35.5. The summed E-state index contributed by atoms with van der Waals surface area (Å²) in [4.78, 5) is 19.1. The number of carbonyl (C=O) groups is 1. The van der Waals surface area contributed by atoms with Gasteiger partial charge < -0.3 is 10.2 Å². The van der Waals surface area contributed by atoms with Crippen LogP contribution in [0.5, 0.6) is 0 Å². The summed E-state index contributed by atoms with van der Waals surface area (Å²) in [6, 6.07) is 13.0. The average Bonchev–Trinajstić information content (AvgIpc) is 2.54. The maximum Gasteiger partial charge on any atom is 0.233 e. The molecule has 0 bridgehead atoms. The molecule has 1 aromatic carbocycles. The molecule has 1 atom stereocenters. The summed E-state index contributed by atoms with van der Waals surface area (Å²) in [5.41, 5.74) is 1.62. The van der Waals surface area contributed by atoms with Crippen LogP contribution in [0.2, 0.25) is 5.02 Å². The summed E-state index contributed by atoms with van der Waals surface area (Å²) in [5, 5.41) is 3.66. The van der Waals surface area contributed by atoms with Gasteiger partial charge in [-0.15, -0.1) is 0 Å². The van der Waals surface area contributed by atoms with Crippen molar-refractivity contribution in [2.75, 3.05) is 27.2 Å². The molecule has 0 fully saturated rings. The molecule has 1 amide bonds. The van der Waals surface area contributed by atoms with Crippen molar-refractivity contribution in [2.45, 2.75) is 12.3 Å². The number of nitrogens with zero attached hydrogens (tertiary/aromatic N) is 2. The Balaban J connectivity index is 2.14. The van der Waals surface area contributed by atoms with Gasteiger partial charge in [-0.2, -0.15) is 0 Å². The summed E-state index contributed by atoms with van der Waals surface area (Å²) >= 11 is 5.95. The molecule has 23 heavy (non-hydrogen) atoms. The summed E-state index contributed by atoms with van der Waals surface area (Å²) in [7, 11) is 4.04. The minimum atomic E-state index is -0.423. The molecule has 0 aliphatic rings. The van der Waals surface area contributed by atoms with Crippen LogP contribution in [-0.4, -0.2) is 43.0 Å². The monoisotopic (exact) mass is 331 g/mol. The third-order valence-corrected chi connectivity index (χ3v) is 3.78. The van der Waals surface area contributed by atoms with Crippen LogP contribution in [-0.2, 0) is 4.79 Å². The van der Waals surface area contributed by atoms with E-state index < -0.39 is 5.92 Å². The summed E-state index contributed by atoms with van der Waals surface area (Å²) in [5.74, 6) is -0.461. The lowest BCUT2D eigenvalue weighted by molar-refractivity contribution is -0.121. The standard InChI is InChI=1S/C18H22ClN3O/c1-22(2)13-5-12-21-18(23)17(16-6-3-4-11-20-16)14-7-9-15(19)10-8-14/h3-4,6-11,17H,5,12-13H2,1-2H3,(H,21,23). The van der Waals surface area contributed by atoms with Gasteiger partial charge in [0, 0.05) is 17.8 Å². The van der Waals surface area contributed by atoms with E-state index in [2.05, 4.69) is 15.2 Å². The van der Waals surface area contributed by atoms with Gasteiger partial charge in [-0.1, -0.05) is 29.8 Å². The van der Waals surface area contributed by atoms with E-state index in [0.717, 1.165) is 24.2 Å². The summed E-state index contributed by atoms with van der Waals surface area (Å²) < 4.78 is 0.